The Labute approximate surface area is 98.5 Å². The topological polar surface area (TPSA) is 126 Å². The maximum Gasteiger partial charge on any atom is 0.320 e. The van der Waals surface area contributed by atoms with E-state index in [4.69, 9.17) is 15.7 Å². The van der Waals surface area contributed by atoms with Crippen LogP contribution in [0.25, 0.3) is 0 Å². The molecule has 0 aliphatic rings. The Morgan fingerprint density at radius 1 is 1.53 bits per heavy atom. The lowest BCUT2D eigenvalue weighted by Gasteiger charge is -2.01. The average molecular weight is 244 g/mol. The van der Waals surface area contributed by atoms with E-state index in [1.54, 1.807) is 0 Å². The number of carbonyl (C=O) groups excluding carboxylic acids is 1. The molecule has 1 amide bonds. The summed E-state index contributed by atoms with van der Waals surface area (Å²) in [5, 5.41) is 15.5. The van der Waals surface area contributed by atoms with Gasteiger partial charge in [-0.2, -0.15) is 5.10 Å². The van der Waals surface area contributed by atoms with Crippen molar-refractivity contribution in [3.63, 3.8) is 0 Å². The summed E-state index contributed by atoms with van der Waals surface area (Å²) in [5.41, 5.74) is 7.45. The fourth-order valence-electron chi connectivity index (χ4n) is 0.733. The Kier molecular flexibility index (Phi) is 8.21. The molecule has 0 spiro atoms. The number of nitrogens with one attached hydrogen (secondary N) is 1. The van der Waals surface area contributed by atoms with Crippen molar-refractivity contribution in [3.8, 4) is 0 Å². The van der Waals surface area contributed by atoms with Crippen LogP contribution in [0.3, 0.4) is 0 Å². The zero-order chi connectivity index (χ0) is 13.1. The smallest absolute Gasteiger partial charge is 0.320 e. The molecule has 0 aromatic rings. The first-order chi connectivity index (χ1) is 8.04. The number of hydrogen-bond acceptors (Lipinski definition) is 6. The summed E-state index contributed by atoms with van der Waals surface area (Å²) < 4.78 is 0. The van der Waals surface area contributed by atoms with Crippen LogP contribution in [0.15, 0.2) is 10.3 Å². The fraction of sp³-hybridized carbons (Fsp3) is 0.556. The van der Waals surface area contributed by atoms with Gasteiger partial charge in [0.05, 0.1) is 6.21 Å². The summed E-state index contributed by atoms with van der Waals surface area (Å²) in [5.74, 6) is -1.31. The highest BCUT2D eigenvalue weighted by Crippen LogP contribution is 1.92. The number of carboxylic acids is 1. The van der Waals surface area contributed by atoms with Crippen molar-refractivity contribution in [2.45, 2.75) is 25.8 Å². The number of nitrogens with two attached hydrogens (primary N) is 1. The lowest BCUT2D eigenvalue weighted by Crippen LogP contribution is -2.29. The van der Waals surface area contributed by atoms with Crippen LogP contribution in [0, 0.1) is 0 Å². The lowest BCUT2D eigenvalue weighted by atomic mass is 10.2. The van der Waals surface area contributed by atoms with E-state index in [0.29, 0.717) is 12.8 Å². The van der Waals surface area contributed by atoms with E-state index < -0.39 is 12.0 Å². The molecule has 8 heteroatoms. The number of carboxylic acid groups (broad SMARTS) is 1. The quantitative estimate of drug-likeness (QED) is 0.296. The maximum absolute atomic E-state index is 10.4. The van der Waals surface area contributed by atoms with Gasteiger partial charge in [0.15, 0.2) is 6.61 Å². The molecule has 0 heterocycles. The largest absolute Gasteiger partial charge is 0.480 e. The second kappa shape index (κ2) is 9.28. The monoisotopic (exact) mass is 244 g/mol. The van der Waals surface area contributed by atoms with Gasteiger partial charge >= 0.3 is 5.97 Å². The molecule has 17 heavy (non-hydrogen) atoms. The summed E-state index contributed by atoms with van der Waals surface area (Å²) >= 11 is 0. The molecule has 0 radical (unpaired) electrons. The van der Waals surface area contributed by atoms with Gasteiger partial charge in [0, 0.05) is 13.1 Å². The first-order valence-electron chi connectivity index (χ1n) is 4.94. The molecule has 0 rings (SSSR count). The predicted octanol–water partition coefficient (Wildman–Crippen LogP) is -0.697. The van der Waals surface area contributed by atoms with Gasteiger partial charge in [-0.25, -0.2) is 5.43 Å². The van der Waals surface area contributed by atoms with Crippen molar-refractivity contribution in [2.75, 3.05) is 6.61 Å². The maximum atomic E-state index is 10.4. The van der Waals surface area contributed by atoms with E-state index in [1.807, 2.05) is 0 Å². The number of aliphatic carboxylic acids is 1. The highest BCUT2D eigenvalue weighted by Gasteiger charge is 2.08. The van der Waals surface area contributed by atoms with Gasteiger partial charge in [0.2, 0.25) is 5.91 Å². The van der Waals surface area contributed by atoms with Crippen LogP contribution >= 0.6 is 0 Å². The molecule has 0 bridgehead atoms. The van der Waals surface area contributed by atoms with Gasteiger partial charge in [0.1, 0.15) is 6.04 Å². The number of amides is 1. The van der Waals surface area contributed by atoms with Crippen molar-refractivity contribution in [3.05, 3.63) is 0 Å². The van der Waals surface area contributed by atoms with Crippen LogP contribution in [0.5, 0.6) is 0 Å². The van der Waals surface area contributed by atoms with E-state index in [0.717, 1.165) is 0 Å². The predicted molar refractivity (Wildman–Crippen MR) is 61.6 cm³/mol. The molecule has 0 aliphatic heterocycles. The molecule has 0 aromatic heterocycles. The Hall–Kier alpha value is -1.96. The van der Waals surface area contributed by atoms with Crippen LogP contribution in [0.2, 0.25) is 0 Å². The SMILES string of the molecule is CC(=O)N/N=C/CO/N=C\CCC(N)C(=O)O. The van der Waals surface area contributed by atoms with E-state index in [-0.39, 0.29) is 12.5 Å². The zero-order valence-corrected chi connectivity index (χ0v) is 9.50. The number of nitrogens with zero attached hydrogens (tertiary/aromatic N) is 2. The molecular weight excluding hydrogens is 228 g/mol. The van der Waals surface area contributed by atoms with Crippen molar-refractivity contribution in [1.29, 1.82) is 0 Å². The van der Waals surface area contributed by atoms with Gasteiger partial charge in [-0.05, 0) is 12.8 Å². The number of hydrazone groups is 1. The van der Waals surface area contributed by atoms with Crippen molar-refractivity contribution >= 4 is 24.3 Å². The lowest BCUT2D eigenvalue weighted by molar-refractivity contribution is -0.138. The van der Waals surface area contributed by atoms with Crippen molar-refractivity contribution in [2.24, 2.45) is 16.0 Å². The van der Waals surface area contributed by atoms with E-state index >= 15 is 0 Å². The summed E-state index contributed by atoms with van der Waals surface area (Å²) in [6, 6.07) is -0.886. The minimum Gasteiger partial charge on any atom is -0.480 e. The normalized spacial score (nSPS) is 12.8. The highest BCUT2D eigenvalue weighted by molar-refractivity contribution is 5.74. The fourth-order valence-corrected chi connectivity index (χ4v) is 0.733. The van der Waals surface area contributed by atoms with E-state index in [1.165, 1.54) is 19.4 Å². The Morgan fingerprint density at radius 2 is 2.24 bits per heavy atom. The number of oxime groups is 1. The molecule has 0 fully saturated rings. The van der Waals surface area contributed by atoms with Crippen LogP contribution < -0.4 is 11.2 Å². The number of carbonyl (C=O) groups is 2. The van der Waals surface area contributed by atoms with Gasteiger partial charge in [0.25, 0.3) is 0 Å². The highest BCUT2D eigenvalue weighted by atomic mass is 16.6. The molecule has 0 saturated heterocycles. The average Bonchev–Trinajstić information content (AvgIpc) is 2.25. The minimum atomic E-state index is -1.04. The first-order valence-corrected chi connectivity index (χ1v) is 4.94. The molecular formula is C9H16N4O4. The first kappa shape index (κ1) is 15.0. The number of rotatable bonds is 8. The second-order valence-electron chi connectivity index (χ2n) is 3.09. The third-order valence-corrected chi connectivity index (χ3v) is 1.54. The van der Waals surface area contributed by atoms with E-state index in [2.05, 4.69) is 15.7 Å². The second-order valence-corrected chi connectivity index (χ2v) is 3.09. The van der Waals surface area contributed by atoms with Crippen LogP contribution in [-0.2, 0) is 14.4 Å². The summed E-state index contributed by atoms with van der Waals surface area (Å²) in [7, 11) is 0. The van der Waals surface area contributed by atoms with Crippen LogP contribution in [-0.4, -0.2) is 42.1 Å². The van der Waals surface area contributed by atoms with E-state index in [9.17, 15) is 9.59 Å². The molecule has 1 unspecified atom stereocenters. The van der Waals surface area contributed by atoms with Gasteiger partial charge < -0.3 is 15.7 Å². The third kappa shape index (κ3) is 10.3. The van der Waals surface area contributed by atoms with Gasteiger partial charge in [-0.3, -0.25) is 9.59 Å². The summed E-state index contributed by atoms with van der Waals surface area (Å²) in [6.45, 7) is 1.45. The zero-order valence-electron chi connectivity index (χ0n) is 9.50. The minimum absolute atomic E-state index is 0.113. The Balaban J connectivity index is 3.46. The Bertz CT molecular complexity index is 303. The molecule has 1 atom stereocenters. The molecule has 0 aliphatic carbocycles. The molecule has 4 N–H and O–H groups in total. The van der Waals surface area contributed by atoms with Crippen molar-refractivity contribution in [1.82, 2.24) is 5.43 Å². The summed E-state index contributed by atoms with van der Waals surface area (Å²) in [4.78, 5) is 25.5. The van der Waals surface area contributed by atoms with Crippen LogP contribution in [0.4, 0.5) is 0 Å². The summed E-state index contributed by atoms with van der Waals surface area (Å²) in [6.07, 6.45) is 3.47. The van der Waals surface area contributed by atoms with Gasteiger partial charge in [-0.15, -0.1) is 0 Å². The van der Waals surface area contributed by atoms with Crippen molar-refractivity contribution < 1.29 is 19.5 Å². The van der Waals surface area contributed by atoms with Gasteiger partial charge in [-0.1, -0.05) is 5.16 Å². The van der Waals surface area contributed by atoms with Crippen LogP contribution in [0.1, 0.15) is 19.8 Å². The molecule has 0 saturated carbocycles. The Morgan fingerprint density at radius 3 is 2.82 bits per heavy atom. The third-order valence-electron chi connectivity index (χ3n) is 1.54. The molecule has 8 nitrogen and oxygen atoms in total. The number of hydrogen-bond donors (Lipinski definition) is 3. The molecule has 96 valence electrons. The molecule has 0 aromatic carbocycles. The standard InChI is InChI=1S/C9H16N4O4/c1-7(14)13-11-5-6-17-12-4-2-3-8(10)9(15)16/h4-5,8H,2-3,6,10H2,1H3,(H,13,14)(H,15,16)/b11-5+,12-4-.